The van der Waals surface area contributed by atoms with E-state index in [-0.39, 0.29) is 0 Å². The van der Waals surface area contributed by atoms with Gasteiger partial charge in [-0.15, -0.1) is 0 Å². The van der Waals surface area contributed by atoms with Crippen LogP contribution in [-0.2, 0) is 4.43 Å². The van der Waals surface area contributed by atoms with E-state index in [0.717, 1.165) is 19.5 Å². The highest BCUT2D eigenvalue weighted by molar-refractivity contribution is 6.71. The lowest BCUT2D eigenvalue weighted by Crippen LogP contribution is -2.36. The fourth-order valence-corrected chi connectivity index (χ4v) is 4.12. The third-order valence-corrected chi connectivity index (χ3v) is 5.15. The third-order valence-electron chi connectivity index (χ3n) is 2.55. The SMILES string of the molecule is CC(CCN)O[Si](C)(C)CCCNCCN. The highest BCUT2D eigenvalue weighted by atomic mass is 28.4. The first-order valence-electron chi connectivity index (χ1n) is 6.30. The van der Waals surface area contributed by atoms with Crippen LogP contribution >= 0.6 is 0 Å². The zero-order valence-electron chi connectivity index (χ0n) is 11.1. The molecular formula is C11H29N3OSi. The standard InChI is InChI=1S/C11H29N3OSi/c1-11(5-6-12)15-16(2,3)10-4-8-14-9-7-13/h11,14H,4-10,12-13H2,1-3H3. The van der Waals surface area contributed by atoms with Crippen molar-refractivity contribution in [1.82, 2.24) is 5.32 Å². The van der Waals surface area contributed by atoms with Crippen molar-refractivity contribution in [2.24, 2.45) is 11.5 Å². The summed E-state index contributed by atoms with van der Waals surface area (Å²) in [6.45, 7) is 10.1. The van der Waals surface area contributed by atoms with Crippen LogP contribution in [0.2, 0.25) is 19.1 Å². The molecule has 4 nitrogen and oxygen atoms in total. The Balaban J connectivity index is 3.60. The molecule has 5 heteroatoms. The summed E-state index contributed by atoms with van der Waals surface area (Å²) in [4.78, 5) is 0. The maximum Gasteiger partial charge on any atom is 0.187 e. The number of nitrogens with two attached hydrogens (primary N) is 2. The predicted octanol–water partition coefficient (Wildman–Crippen LogP) is 0.884. The molecule has 0 amide bonds. The Morgan fingerprint density at radius 1 is 1.19 bits per heavy atom. The molecule has 0 saturated carbocycles. The molecule has 16 heavy (non-hydrogen) atoms. The normalized spacial score (nSPS) is 14.1. The van der Waals surface area contributed by atoms with Crippen LogP contribution in [0.3, 0.4) is 0 Å². The highest BCUT2D eigenvalue weighted by Crippen LogP contribution is 2.16. The number of hydrogen-bond donors (Lipinski definition) is 3. The van der Waals surface area contributed by atoms with E-state index in [1.54, 1.807) is 0 Å². The van der Waals surface area contributed by atoms with E-state index in [1.807, 2.05) is 0 Å². The molecule has 0 heterocycles. The molecule has 1 atom stereocenters. The molecule has 0 aliphatic heterocycles. The van der Waals surface area contributed by atoms with E-state index in [0.29, 0.717) is 19.2 Å². The van der Waals surface area contributed by atoms with E-state index in [2.05, 4.69) is 25.3 Å². The molecule has 0 radical (unpaired) electrons. The van der Waals surface area contributed by atoms with Crippen LogP contribution in [0.1, 0.15) is 19.8 Å². The Morgan fingerprint density at radius 2 is 1.88 bits per heavy atom. The molecular weight excluding hydrogens is 218 g/mol. The summed E-state index contributed by atoms with van der Waals surface area (Å²) in [5.74, 6) is 0. The van der Waals surface area contributed by atoms with Crippen molar-refractivity contribution in [3.8, 4) is 0 Å². The van der Waals surface area contributed by atoms with Crippen molar-refractivity contribution in [3.05, 3.63) is 0 Å². The van der Waals surface area contributed by atoms with Crippen LogP contribution in [0, 0.1) is 0 Å². The summed E-state index contributed by atoms with van der Waals surface area (Å²) in [5.41, 5.74) is 10.9. The molecule has 0 aromatic carbocycles. The Kier molecular flexibility index (Phi) is 9.16. The highest BCUT2D eigenvalue weighted by Gasteiger charge is 2.23. The average Bonchev–Trinajstić information content (AvgIpc) is 2.16. The zero-order valence-corrected chi connectivity index (χ0v) is 12.1. The molecule has 0 rings (SSSR count). The lowest BCUT2D eigenvalue weighted by molar-refractivity contribution is 0.203. The quantitative estimate of drug-likeness (QED) is 0.396. The zero-order chi connectivity index (χ0) is 12.4. The van der Waals surface area contributed by atoms with Crippen LogP contribution in [0.4, 0.5) is 0 Å². The molecule has 98 valence electrons. The number of nitrogens with one attached hydrogen (secondary N) is 1. The largest absolute Gasteiger partial charge is 0.415 e. The second-order valence-electron chi connectivity index (χ2n) is 4.91. The van der Waals surface area contributed by atoms with Gasteiger partial charge in [0.1, 0.15) is 0 Å². The summed E-state index contributed by atoms with van der Waals surface area (Å²) in [7, 11) is -1.49. The first-order valence-corrected chi connectivity index (χ1v) is 9.42. The molecule has 0 aliphatic carbocycles. The molecule has 0 fully saturated rings. The lowest BCUT2D eigenvalue weighted by atomic mass is 10.3. The van der Waals surface area contributed by atoms with Crippen LogP contribution in [-0.4, -0.2) is 40.6 Å². The molecule has 0 aromatic heterocycles. The Labute approximate surface area is 101 Å². The summed E-state index contributed by atoms with van der Waals surface area (Å²) < 4.78 is 6.09. The van der Waals surface area contributed by atoms with Gasteiger partial charge in [0, 0.05) is 19.2 Å². The van der Waals surface area contributed by atoms with E-state index in [1.165, 1.54) is 12.5 Å². The Morgan fingerprint density at radius 3 is 2.44 bits per heavy atom. The predicted molar refractivity (Wildman–Crippen MR) is 73.0 cm³/mol. The minimum absolute atomic E-state index is 0.309. The average molecular weight is 247 g/mol. The van der Waals surface area contributed by atoms with Crippen molar-refractivity contribution in [2.75, 3.05) is 26.2 Å². The fraction of sp³-hybridized carbons (Fsp3) is 1.00. The molecule has 0 aliphatic rings. The monoisotopic (exact) mass is 247 g/mol. The number of hydrogen-bond acceptors (Lipinski definition) is 4. The number of rotatable bonds is 10. The van der Waals surface area contributed by atoms with Crippen molar-refractivity contribution < 1.29 is 4.43 Å². The maximum absolute atomic E-state index is 6.09. The van der Waals surface area contributed by atoms with Gasteiger partial charge in [0.15, 0.2) is 8.32 Å². The minimum Gasteiger partial charge on any atom is -0.415 e. The van der Waals surface area contributed by atoms with Gasteiger partial charge < -0.3 is 21.2 Å². The molecule has 0 saturated heterocycles. The van der Waals surface area contributed by atoms with Crippen molar-refractivity contribution in [2.45, 2.75) is 45.0 Å². The van der Waals surface area contributed by atoms with Gasteiger partial charge in [-0.1, -0.05) is 0 Å². The van der Waals surface area contributed by atoms with E-state index in [9.17, 15) is 0 Å². The van der Waals surface area contributed by atoms with Crippen LogP contribution in [0.5, 0.6) is 0 Å². The van der Waals surface area contributed by atoms with Gasteiger partial charge >= 0.3 is 0 Å². The van der Waals surface area contributed by atoms with Gasteiger partial charge in [0.2, 0.25) is 0 Å². The van der Waals surface area contributed by atoms with Crippen LogP contribution in [0.15, 0.2) is 0 Å². The van der Waals surface area contributed by atoms with E-state index < -0.39 is 8.32 Å². The van der Waals surface area contributed by atoms with Gasteiger partial charge in [-0.3, -0.25) is 0 Å². The topological polar surface area (TPSA) is 73.3 Å². The van der Waals surface area contributed by atoms with Crippen LogP contribution in [0.25, 0.3) is 0 Å². The second kappa shape index (κ2) is 9.12. The van der Waals surface area contributed by atoms with Gasteiger partial charge in [0.05, 0.1) is 0 Å². The molecule has 1 unspecified atom stereocenters. The third kappa shape index (κ3) is 9.29. The molecule has 0 bridgehead atoms. The smallest absolute Gasteiger partial charge is 0.187 e. The summed E-state index contributed by atoms with van der Waals surface area (Å²) in [5, 5.41) is 3.31. The minimum atomic E-state index is -1.49. The van der Waals surface area contributed by atoms with E-state index in [4.69, 9.17) is 15.9 Å². The lowest BCUT2D eigenvalue weighted by Gasteiger charge is -2.27. The van der Waals surface area contributed by atoms with Crippen molar-refractivity contribution in [1.29, 1.82) is 0 Å². The van der Waals surface area contributed by atoms with Gasteiger partial charge in [-0.05, 0) is 52.0 Å². The van der Waals surface area contributed by atoms with E-state index >= 15 is 0 Å². The second-order valence-corrected chi connectivity index (χ2v) is 9.16. The summed E-state index contributed by atoms with van der Waals surface area (Å²) >= 11 is 0. The van der Waals surface area contributed by atoms with Gasteiger partial charge in [-0.2, -0.15) is 0 Å². The summed E-state index contributed by atoms with van der Waals surface area (Å²) in [6, 6.07) is 1.19. The Hall–Kier alpha value is 0.0569. The van der Waals surface area contributed by atoms with Crippen molar-refractivity contribution in [3.63, 3.8) is 0 Å². The fourth-order valence-electron chi connectivity index (χ4n) is 1.76. The first kappa shape index (κ1) is 16.1. The van der Waals surface area contributed by atoms with Crippen LogP contribution < -0.4 is 16.8 Å². The molecule has 5 N–H and O–H groups in total. The Bertz CT molecular complexity index is 167. The maximum atomic E-state index is 6.09. The molecule has 0 aromatic rings. The van der Waals surface area contributed by atoms with Crippen molar-refractivity contribution >= 4 is 8.32 Å². The molecule has 0 spiro atoms. The first-order chi connectivity index (χ1) is 7.52. The summed E-state index contributed by atoms with van der Waals surface area (Å²) in [6.07, 6.45) is 2.44. The van der Waals surface area contributed by atoms with Gasteiger partial charge in [-0.25, -0.2) is 0 Å². The van der Waals surface area contributed by atoms with Gasteiger partial charge in [0.25, 0.3) is 0 Å².